The lowest BCUT2D eigenvalue weighted by Crippen LogP contribution is -2.36. The number of nitrogens with zero attached hydrogens (tertiary/aromatic N) is 3. The van der Waals surface area contributed by atoms with Crippen molar-refractivity contribution in [3.05, 3.63) is 69.3 Å². The molecule has 0 saturated carbocycles. The SMILES string of the molecule is Cc1ccc(C(=O)O/N=C\c2ccc(N3CCOCC3)c([N+](=O)[O-])c2)cc1. The molecule has 1 aliphatic heterocycles. The minimum atomic E-state index is -0.592. The number of carbonyl (C=O) groups excluding carboxylic acids is 1. The van der Waals surface area contributed by atoms with E-state index in [2.05, 4.69) is 5.16 Å². The van der Waals surface area contributed by atoms with Gasteiger partial charge < -0.3 is 14.5 Å². The molecule has 0 aromatic heterocycles. The predicted octanol–water partition coefficient (Wildman–Crippen LogP) is 2.93. The second-order valence-corrected chi connectivity index (χ2v) is 6.08. The van der Waals surface area contributed by atoms with Crippen LogP contribution in [0.5, 0.6) is 0 Å². The van der Waals surface area contributed by atoms with Crippen LogP contribution in [0.25, 0.3) is 0 Å². The van der Waals surface area contributed by atoms with Crippen LogP contribution in [0, 0.1) is 17.0 Å². The number of nitro groups is 1. The van der Waals surface area contributed by atoms with E-state index < -0.39 is 10.9 Å². The number of nitro benzene ring substituents is 1. The molecule has 3 rings (SSSR count). The summed E-state index contributed by atoms with van der Waals surface area (Å²) in [6, 6.07) is 11.7. The highest BCUT2D eigenvalue weighted by Crippen LogP contribution is 2.29. The average molecular weight is 369 g/mol. The molecule has 1 aliphatic rings. The maximum Gasteiger partial charge on any atom is 0.365 e. The van der Waals surface area contributed by atoms with E-state index in [0.717, 1.165) is 5.56 Å². The minimum Gasteiger partial charge on any atom is -0.378 e. The first kappa shape index (κ1) is 18.5. The van der Waals surface area contributed by atoms with Crippen molar-refractivity contribution in [2.24, 2.45) is 5.16 Å². The number of ether oxygens (including phenoxy) is 1. The predicted molar refractivity (Wildman–Crippen MR) is 100 cm³/mol. The number of hydrogen-bond donors (Lipinski definition) is 0. The van der Waals surface area contributed by atoms with Gasteiger partial charge in [0.2, 0.25) is 0 Å². The van der Waals surface area contributed by atoms with Gasteiger partial charge in [-0.15, -0.1) is 0 Å². The van der Waals surface area contributed by atoms with Crippen molar-refractivity contribution in [2.45, 2.75) is 6.92 Å². The number of anilines is 1. The molecule has 140 valence electrons. The van der Waals surface area contributed by atoms with E-state index in [4.69, 9.17) is 9.57 Å². The van der Waals surface area contributed by atoms with E-state index in [1.165, 1.54) is 12.3 Å². The normalized spacial score (nSPS) is 14.3. The molecule has 8 heteroatoms. The van der Waals surface area contributed by atoms with Crippen LogP contribution >= 0.6 is 0 Å². The third kappa shape index (κ3) is 4.68. The van der Waals surface area contributed by atoms with Crippen molar-refractivity contribution in [3.8, 4) is 0 Å². The summed E-state index contributed by atoms with van der Waals surface area (Å²) in [4.78, 5) is 29.7. The van der Waals surface area contributed by atoms with Crippen molar-refractivity contribution in [3.63, 3.8) is 0 Å². The third-order valence-corrected chi connectivity index (χ3v) is 4.17. The average Bonchev–Trinajstić information content (AvgIpc) is 2.69. The number of hydrogen-bond acceptors (Lipinski definition) is 7. The Labute approximate surface area is 156 Å². The van der Waals surface area contributed by atoms with Gasteiger partial charge in [0.1, 0.15) is 5.69 Å². The second kappa shape index (κ2) is 8.41. The highest BCUT2D eigenvalue weighted by molar-refractivity contribution is 5.90. The lowest BCUT2D eigenvalue weighted by atomic mass is 10.1. The Bertz CT molecular complexity index is 858. The van der Waals surface area contributed by atoms with Crippen LogP contribution in [0.15, 0.2) is 47.6 Å². The zero-order valence-electron chi connectivity index (χ0n) is 14.8. The lowest BCUT2D eigenvalue weighted by molar-refractivity contribution is -0.384. The summed E-state index contributed by atoms with van der Waals surface area (Å²) in [5.74, 6) is -0.592. The molecule has 1 fully saturated rings. The van der Waals surface area contributed by atoms with E-state index in [0.29, 0.717) is 43.1 Å². The van der Waals surface area contributed by atoms with Gasteiger partial charge in [0.05, 0.1) is 29.9 Å². The van der Waals surface area contributed by atoms with Crippen LogP contribution in [0.2, 0.25) is 0 Å². The third-order valence-electron chi connectivity index (χ3n) is 4.17. The maximum absolute atomic E-state index is 11.9. The molecule has 0 atom stereocenters. The second-order valence-electron chi connectivity index (χ2n) is 6.08. The van der Waals surface area contributed by atoms with Crippen LogP contribution < -0.4 is 4.90 Å². The van der Waals surface area contributed by atoms with Crippen LogP contribution in [-0.2, 0) is 9.57 Å². The van der Waals surface area contributed by atoms with Crippen molar-refractivity contribution >= 4 is 23.6 Å². The summed E-state index contributed by atoms with van der Waals surface area (Å²) >= 11 is 0. The molecule has 27 heavy (non-hydrogen) atoms. The minimum absolute atomic E-state index is 0.0225. The van der Waals surface area contributed by atoms with Gasteiger partial charge in [0.25, 0.3) is 5.69 Å². The van der Waals surface area contributed by atoms with E-state index in [1.807, 2.05) is 11.8 Å². The molecule has 2 aromatic rings. The zero-order valence-corrected chi connectivity index (χ0v) is 14.8. The van der Waals surface area contributed by atoms with Crippen molar-refractivity contribution in [1.82, 2.24) is 0 Å². The number of benzene rings is 2. The zero-order chi connectivity index (χ0) is 19.2. The summed E-state index contributed by atoms with van der Waals surface area (Å²) in [6.07, 6.45) is 1.28. The van der Waals surface area contributed by atoms with Gasteiger partial charge in [-0.05, 0) is 25.1 Å². The van der Waals surface area contributed by atoms with Gasteiger partial charge in [-0.2, -0.15) is 0 Å². The Balaban J connectivity index is 1.71. The molecular weight excluding hydrogens is 350 g/mol. The van der Waals surface area contributed by atoms with E-state index in [-0.39, 0.29) is 5.69 Å². The van der Waals surface area contributed by atoms with Gasteiger partial charge in [0, 0.05) is 24.7 Å². The number of aryl methyl sites for hydroxylation is 1. The van der Waals surface area contributed by atoms with Crippen LogP contribution in [-0.4, -0.2) is 43.4 Å². The molecule has 0 bridgehead atoms. The smallest absolute Gasteiger partial charge is 0.365 e. The van der Waals surface area contributed by atoms with Gasteiger partial charge in [0.15, 0.2) is 0 Å². The van der Waals surface area contributed by atoms with Crippen molar-refractivity contribution in [1.29, 1.82) is 0 Å². The van der Waals surface area contributed by atoms with Gasteiger partial charge in [-0.3, -0.25) is 10.1 Å². The molecule has 8 nitrogen and oxygen atoms in total. The molecule has 1 saturated heterocycles. The first-order valence-electron chi connectivity index (χ1n) is 8.47. The molecule has 2 aromatic carbocycles. The maximum atomic E-state index is 11.9. The van der Waals surface area contributed by atoms with Gasteiger partial charge in [-0.1, -0.05) is 28.9 Å². The topological polar surface area (TPSA) is 94.3 Å². The fourth-order valence-corrected chi connectivity index (χ4v) is 2.72. The first-order valence-corrected chi connectivity index (χ1v) is 8.47. The summed E-state index contributed by atoms with van der Waals surface area (Å²) < 4.78 is 5.28. The van der Waals surface area contributed by atoms with E-state index in [9.17, 15) is 14.9 Å². The standard InChI is InChI=1S/C19H19N3O5/c1-14-2-5-16(6-3-14)19(23)27-20-13-15-4-7-17(18(12-15)22(24)25)21-8-10-26-11-9-21/h2-7,12-13H,8-11H2,1H3/b20-13-. The summed E-state index contributed by atoms with van der Waals surface area (Å²) in [7, 11) is 0. The monoisotopic (exact) mass is 369 g/mol. The summed E-state index contributed by atoms with van der Waals surface area (Å²) in [5, 5.41) is 15.1. The number of oxime groups is 1. The molecule has 0 radical (unpaired) electrons. The van der Waals surface area contributed by atoms with Crippen LogP contribution in [0.1, 0.15) is 21.5 Å². The number of morpholine rings is 1. The molecule has 0 amide bonds. The van der Waals surface area contributed by atoms with Crippen molar-refractivity contribution in [2.75, 3.05) is 31.2 Å². The van der Waals surface area contributed by atoms with Gasteiger partial charge >= 0.3 is 5.97 Å². The Kier molecular flexibility index (Phi) is 5.77. The molecule has 0 unspecified atom stereocenters. The summed E-state index contributed by atoms with van der Waals surface area (Å²) in [5.41, 5.74) is 2.40. The van der Waals surface area contributed by atoms with Crippen LogP contribution in [0.4, 0.5) is 11.4 Å². The number of rotatable bonds is 5. The molecule has 0 aliphatic carbocycles. The number of carbonyl (C=O) groups is 1. The van der Waals surface area contributed by atoms with E-state index in [1.54, 1.807) is 36.4 Å². The van der Waals surface area contributed by atoms with Gasteiger partial charge in [-0.25, -0.2) is 4.79 Å². The molecule has 1 heterocycles. The highest BCUT2D eigenvalue weighted by atomic mass is 16.7. The first-order chi connectivity index (χ1) is 13.0. The fraction of sp³-hybridized carbons (Fsp3) is 0.263. The molecule has 0 N–H and O–H groups in total. The fourth-order valence-electron chi connectivity index (χ4n) is 2.72. The van der Waals surface area contributed by atoms with Crippen LogP contribution in [0.3, 0.4) is 0 Å². The Morgan fingerprint density at radius 3 is 2.59 bits per heavy atom. The quantitative estimate of drug-likeness (QED) is 0.348. The Morgan fingerprint density at radius 1 is 1.22 bits per heavy atom. The molecule has 0 spiro atoms. The summed E-state index contributed by atoms with van der Waals surface area (Å²) in [6.45, 7) is 4.19. The van der Waals surface area contributed by atoms with Crippen molar-refractivity contribution < 1.29 is 19.3 Å². The molecular formula is C19H19N3O5. The highest BCUT2D eigenvalue weighted by Gasteiger charge is 2.21. The van der Waals surface area contributed by atoms with E-state index >= 15 is 0 Å². The Hall–Kier alpha value is -3.26. The lowest BCUT2D eigenvalue weighted by Gasteiger charge is -2.28. The largest absolute Gasteiger partial charge is 0.378 e. The Morgan fingerprint density at radius 2 is 1.93 bits per heavy atom.